The predicted octanol–water partition coefficient (Wildman–Crippen LogP) is 3.78. The molecule has 0 spiro atoms. The number of halogens is 1. The Labute approximate surface area is 196 Å². The van der Waals surface area contributed by atoms with E-state index in [1.165, 1.54) is 18.2 Å². The number of carbonyl (C=O) groups is 1. The van der Waals surface area contributed by atoms with Gasteiger partial charge in [0.15, 0.2) is 5.43 Å². The standard InChI is InChI=1S/C25H24FN3O4S/c1-4-27-34(32,33)16-9-7-8-15(12-16)25(2,3)29-24(31)18-14-22-19(13-20(18)26)23(30)17-10-5-6-11-21(17)28-22/h5-14,27H,4H2,1-3H3,(H,28,30)(H,29,31). The molecule has 7 nitrogen and oxygen atoms in total. The predicted molar refractivity (Wildman–Crippen MR) is 130 cm³/mol. The second kappa shape index (κ2) is 8.66. The van der Waals surface area contributed by atoms with E-state index in [2.05, 4.69) is 15.0 Å². The summed E-state index contributed by atoms with van der Waals surface area (Å²) in [6, 6.07) is 15.5. The van der Waals surface area contributed by atoms with Crippen molar-refractivity contribution < 1.29 is 17.6 Å². The molecule has 0 aliphatic carbocycles. The van der Waals surface area contributed by atoms with E-state index < -0.39 is 27.3 Å². The van der Waals surface area contributed by atoms with Crippen molar-refractivity contribution in [2.75, 3.05) is 6.54 Å². The lowest BCUT2D eigenvalue weighted by Gasteiger charge is -2.27. The number of hydrogen-bond acceptors (Lipinski definition) is 4. The number of pyridine rings is 1. The van der Waals surface area contributed by atoms with Gasteiger partial charge in [0.2, 0.25) is 10.0 Å². The molecule has 0 fully saturated rings. The van der Waals surface area contributed by atoms with Crippen molar-refractivity contribution in [1.82, 2.24) is 15.0 Å². The van der Waals surface area contributed by atoms with Gasteiger partial charge in [-0.3, -0.25) is 9.59 Å². The van der Waals surface area contributed by atoms with Crippen LogP contribution in [0.25, 0.3) is 21.8 Å². The summed E-state index contributed by atoms with van der Waals surface area (Å²) in [4.78, 5) is 29.0. The molecule has 0 aliphatic heterocycles. The van der Waals surface area contributed by atoms with E-state index in [1.54, 1.807) is 57.2 Å². The van der Waals surface area contributed by atoms with Crippen molar-refractivity contribution in [2.45, 2.75) is 31.2 Å². The van der Waals surface area contributed by atoms with Gasteiger partial charge in [0, 0.05) is 22.8 Å². The third kappa shape index (κ3) is 4.32. The van der Waals surface area contributed by atoms with Crippen molar-refractivity contribution in [3.63, 3.8) is 0 Å². The molecule has 0 unspecified atom stereocenters. The van der Waals surface area contributed by atoms with Gasteiger partial charge in [-0.15, -0.1) is 0 Å². The number of aromatic amines is 1. The number of benzene rings is 3. The fourth-order valence-electron chi connectivity index (χ4n) is 3.87. The van der Waals surface area contributed by atoms with Gasteiger partial charge in [0.1, 0.15) is 5.82 Å². The van der Waals surface area contributed by atoms with Gasteiger partial charge in [0.05, 0.1) is 21.5 Å². The number of sulfonamides is 1. The average molecular weight is 482 g/mol. The van der Waals surface area contributed by atoms with E-state index in [0.29, 0.717) is 22.0 Å². The fraction of sp³-hybridized carbons (Fsp3) is 0.200. The minimum atomic E-state index is -3.68. The number of nitrogens with one attached hydrogen (secondary N) is 3. The van der Waals surface area contributed by atoms with Gasteiger partial charge in [-0.1, -0.05) is 31.2 Å². The summed E-state index contributed by atoms with van der Waals surface area (Å²) in [7, 11) is -3.68. The SMILES string of the molecule is CCNS(=O)(=O)c1cccc(C(C)(C)NC(=O)c2cc3[nH]c4ccccc4c(=O)c3cc2F)c1. The Morgan fingerprint density at radius 3 is 2.47 bits per heavy atom. The maximum atomic E-state index is 14.9. The van der Waals surface area contributed by atoms with Crippen LogP contribution in [-0.4, -0.2) is 25.9 Å². The van der Waals surface area contributed by atoms with Gasteiger partial charge >= 0.3 is 0 Å². The Morgan fingerprint density at radius 2 is 1.74 bits per heavy atom. The molecule has 9 heteroatoms. The van der Waals surface area contributed by atoms with Crippen LogP contribution in [0.5, 0.6) is 0 Å². The van der Waals surface area contributed by atoms with Crippen molar-refractivity contribution in [1.29, 1.82) is 0 Å². The smallest absolute Gasteiger partial charge is 0.255 e. The van der Waals surface area contributed by atoms with Gasteiger partial charge in [-0.05, 0) is 55.8 Å². The Balaban J connectivity index is 1.71. The van der Waals surface area contributed by atoms with Crippen LogP contribution in [0.2, 0.25) is 0 Å². The molecule has 0 saturated carbocycles. The highest BCUT2D eigenvalue weighted by molar-refractivity contribution is 7.89. The Hall–Kier alpha value is -3.56. The highest BCUT2D eigenvalue weighted by Crippen LogP contribution is 2.25. The number of para-hydroxylation sites is 1. The van der Waals surface area contributed by atoms with Crippen LogP contribution < -0.4 is 15.5 Å². The molecule has 176 valence electrons. The summed E-state index contributed by atoms with van der Waals surface area (Å²) in [6.45, 7) is 5.31. The van der Waals surface area contributed by atoms with Crippen molar-refractivity contribution >= 4 is 37.7 Å². The molecule has 0 atom stereocenters. The molecule has 0 radical (unpaired) electrons. The molecule has 0 bridgehead atoms. The summed E-state index contributed by atoms with van der Waals surface area (Å²) < 4.78 is 42.1. The average Bonchev–Trinajstić information content (AvgIpc) is 2.79. The fourth-order valence-corrected chi connectivity index (χ4v) is 4.95. The largest absolute Gasteiger partial charge is 0.354 e. The molecule has 34 heavy (non-hydrogen) atoms. The zero-order valence-corrected chi connectivity index (χ0v) is 19.7. The maximum absolute atomic E-state index is 14.9. The second-order valence-electron chi connectivity index (χ2n) is 8.49. The minimum absolute atomic E-state index is 0.0653. The Kier molecular flexibility index (Phi) is 6.01. The van der Waals surface area contributed by atoms with Crippen LogP contribution in [-0.2, 0) is 15.6 Å². The van der Waals surface area contributed by atoms with E-state index in [9.17, 15) is 22.4 Å². The monoisotopic (exact) mass is 481 g/mol. The summed E-state index contributed by atoms with van der Waals surface area (Å²) in [5, 5.41) is 3.35. The van der Waals surface area contributed by atoms with Gasteiger partial charge in [-0.2, -0.15) is 0 Å². The number of rotatable bonds is 6. The molecule has 0 saturated heterocycles. The lowest BCUT2D eigenvalue weighted by atomic mass is 9.93. The molecule has 1 heterocycles. The molecule has 4 rings (SSSR count). The van der Waals surface area contributed by atoms with Crippen LogP contribution in [0, 0.1) is 5.82 Å². The number of H-pyrrole nitrogens is 1. The zero-order valence-electron chi connectivity index (χ0n) is 18.9. The first kappa shape index (κ1) is 23.6. The highest BCUT2D eigenvalue weighted by Gasteiger charge is 2.27. The van der Waals surface area contributed by atoms with Crippen molar-refractivity contribution in [3.8, 4) is 0 Å². The summed E-state index contributed by atoms with van der Waals surface area (Å²) in [5.41, 5.74) is -0.131. The quantitative estimate of drug-likeness (QED) is 0.364. The maximum Gasteiger partial charge on any atom is 0.255 e. The number of fused-ring (bicyclic) bond motifs is 2. The van der Waals surface area contributed by atoms with Crippen LogP contribution in [0.3, 0.4) is 0 Å². The molecular weight excluding hydrogens is 457 g/mol. The molecule has 1 amide bonds. The molecule has 1 aromatic heterocycles. The third-order valence-corrected chi connectivity index (χ3v) is 7.21. The minimum Gasteiger partial charge on any atom is -0.354 e. The number of hydrogen-bond donors (Lipinski definition) is 3. The first-order chi connectivity index (χ1) is 16.0. The van der Waals surface area contributed by atoms with Gasteiger partial charge in [-0.25, -0.2) is 17.5 Å². The molecule has 4 aromatic rings. The third-order valence-electron chi connectivity index (χ3n) is 5.66. The lowest BCUT2D eigenvalue weighted by Crippen LogP contribution is -2.41. The van der Waals surface area contributed by atoms with Crippen LogP contribution in [0.4, 0.5) is 4.39 Å². The van der Waals surface area contributed by atoms with E-state index in [-0.39, 0.29) is 27.8 Å². The molecular formula is C25H24FN3O4S. The van der Waals surface area contributed by atoms with E-state index >= 15 is 0 Å². The number of carbonyl (C=O) groups excluding carboxylic acids is 1. The zero-order chi connectivity index (χ0) is 24.7. The molecule has 3 N–H and O–H groups in total. The van der Waals surface area contributed by atoms with E-state index in [4.69, 9.17) is 0 Å². The van der Waals surface area contributed by atoms with Crippen LogP contribution in [0.15, 0.2) is 70.4 Å². The summed E-state index contributed by atoms with van der Waals surface area (Å²) in [6.07, 6.45) is 0. The number of amides is 1. The Morgan fingerprint density at radius 1 is 1.00 bits per heavy atom. The summed E-state index contributed by atoms with van der Waals surface area (Å²) >= 11 is 0. The van der Waals surface area contributed by atoms with Crippen LogP contribution in [0.1, 0.15) is 36.7 Å². The molecule has 3 aromatic carbocycles. The first-order valence-electron chi connectivity index (χ1n) is 10.7. The van der Waals surface area contributed by atoms with Gasteiger partial charge < -0.3 is 10.3 Å². The van der Waals surface area contributed by atoms with Crippen molar-refractivity contribution in [2.24, 2.45) is 0 Å². The van der Waals surface area contributed by atoms with E-state index in [1.807, 2.05) is 0 Å². The first-order valence-corrected chi connectivity index (χ1v) is 12.2. The number of aromatic nitrogens is 1. The molecule has 0 aliphatic rings. The van der Waals surface area contributed by atoms with E-state index in [0.717, 1.165) is 6.07 Å². The Bertz CT molecular complexity index is 1590. The second-order valence-corrected chi connectivity index (χ2v) is 10.3. The van der Waals surface area contributed by atoms with Crippen LogP contribution >= 0.6 is 0 Å². The van der Waals surface area contributed by atoms with Gasteiger partial charge in [0.25, 0.3) is 5.91 Å². The highest BCUT2D eigenvalue weighted by atomic mass is 32.2. The van der Waals surface area contributed by atoms with Crippen molar-refractivity contribution in [3.05, 3.63) is 87.8 Å². The normalized spacial score (nSPS) is 12.2. The lowest BCUT2D eigenvalue weighted by molar-refractivity contribution is 0.0908. The topological polar surface area (TPSA) is 108 Å². The summed E-state index contributed by atoms with van der Waals surface area (Å²) in [5.74, 6) is -1.52.